The van der Waals surface area contributed by atoms with E-state index in [-0.39, 0.29) is 5.82 Å². The molecule has 0 spiro atoms. The van der Waals surface area contributed by atoms with E-state index in [1.165, 1.54) is 6.07 Å². The molecule has 2 rings (SSSR count). The Morgan fingerprint density at radius 2 is 2.18 bits per heavy atom. The van der Waals surface area contributed by atoms with Gasteiger partial charge in [0.25, 0.3) is 0 Å². The summed E-state index contributed by atoms with van der Waals surface area (Å²) in [5.41, 5.74) is 0.850. The predicted octanol–water partition coefficient (Wildman–Crippen LogP) is 2.91. The summed E-state index contributed by atoms with van der Waals surface area (Å²) in [6.45, 7) is 0. The van der Waals surface area contributed by atoms with E-state index in [9.17, 15) is 4.39 Å². The first-order chi connectivity index (χ1) is 5.27. The zero-order valence-corrected chi connectivity index (χ0v) is 7.72. The van der Waals surface area contributed by atoms with Crippen LogP contribution in [-0.2, 0) is 0 Å². The molecule has 0 aliphatic rings. The maximum absolute atomic E-state index is 12.9. The van der Waals surface area contributed by atoms with Crippen molar-refractivity contribution < 1.29 is 4.39 Å². The van der Waals surface area contributed by atoms with Crippen LogP contribution in [0.4, 0.5) is 4.39 Å². The third kappa shape index (κ3) is 1.13. The SMILES string of the molecule is Fc1cc2[nH]ccc2cc1I. The molecule has 1 aromatic heterocycles. The first kappa shape index (κ1) is 7.09. The van der Waals surface area contributed by atoms with Gasteiger partial charge in [0, 0.05) is 20.7 Å². The Hall–Kier alpha value is -0.580. The normalized spacial score (nSPS) is 10.7. The molecular weight excluding hydrogens is 256 g/mol. The summed E-state index contributed by atoms with van der Waals surface area (Å²) in [7, 11) is 0. The lowest BCUT2D eigenvalue weighted by atomic mass is 10.2. The average molecular weight is 261 g/mol. The van der Waals surface area contributed by atoms with Gasteiger partial charge >= 0.3 is 0 Å². The summed E-state index contributed by atoms with van der Waals surface area (Å²) in [6.07, 6.45) is 1.81. The zero-order chi connectivity index (χ0) is 7.84. The van der Waals surface area contributed by atoms with Crippen LogP contribution in [0.5, 0.6) is 0 Å². The van der Waals surface area contributed by atoms with E-state index in [4.69, 9.17) is 0 Å². The Morgan fingerprint density at radius 3 is 3.00 bits per heavy atom. The summed E-state index contributed by atoms with van der Waals surface area (Å²) in [5, 5.41) is 1.05. The second-order valence-electron chi connectivity index (χ2n) is 2.33. The van der Waals surface area contributed by atoms with Crippen molar-refractivity contribution in [1.29, 1.82) is 0 Å². The van der Waals surface area contributed by atoms with Gasteiger partial charge < -0.3 is 4.98 Å². The maximum Gasteiger partial charge on any atom is 0.138 e. The molecule has 1 nitrogen and oxygen atoms in total. The van der Waals surface area contributed by atoms with Gasteiger partial charge in [0.05, 0.1) is 0 Å². The third-order valence-corrected chi connectivity index (χ3v) is 2.42. The highest BCUT2D eigenvalue weighted by atomic mass is 127. The van der Waals surface area contributed by atoms with Crippen molar-refractivity contribution >= 4 is 33.5 Å². The molecular formula is C8H5FIN. The van der Waals surface area contributed by atoms with Crippen LogP contribution >= 0.6 is 22.6 Å². The number of hydrogen-bond donors (Lipinski definition) is 1. The molecule has 3 heteroatoms. The Kier molecular flexibility index (Phi) is 1.60. The molecule has 1 heterocycles. The van der Waals surface area contributed by atoms with Gasteiger partial charge in [0.2, 0.25) is 0 Å². The minimum Gasteiger partial charge on any atom is -0.361 e. The Labute approximate surface area is 76.7 Å². The lowest BCUT2D eigenvalue weighted by molar-refractivity contribution is 0.622. The number of hydrogen-bond acceptors (Lipinski definition) is 0. The number of H-pyrrole nitrogens is 1. The van der Waals surface area contributed by atoms with Crippen molar-refractivity contribution in [2.24, 2.45) is 0 Å². The number of halogens is 2. The molecule has 56 valence electrons. The van der Waals surface area contributed by atoms with Crippen LogP contribution in [-0.4, -0.2) is 4.98 Å². The van der Waals surface area contributed by atoms with Gasteiger partial charge in [0.15, 0.2) is 0 Å². The van der Waals surface area contributed by atoms with Gasteiger partial charge in [-0.3, -0.25) is 0 Å². The van der Waals surface area contributed by atoms with E-state index < -0.39 is 0 Å². The summed E-state index contributed by atoms with van der Waals surface area (Å²) in [5.74, 6) is -0.166. The summed E-state index contributed by atoms with van der Waals surface area (Å²) < 4.78 is 13.6. The molecule has 11 heavy (non-hydrogen) atoms. The molecule has 2 aromatic rings. The van der Waals surface area contributed by atoms with Crippen molar-refractivity contribution in [3.8, 4) is 0 Å². The van der Waals surface area contributed by atoms with Crippen LogP contribution in [0.25, 0.3) is 10.9 Å². The van der Waals surface area contributed by atoms with Crippen LogP contribution in [0.3, 0.4) is 0 Å². The largest absolute Gasteiger partial charge is 0.361 e. The fraction of sp³-hybridized carbons (Fsp3) is 0. The molecule has 0 aliphatic heterocycles. The fourth-order valence-corrected chi connectivity index (χ4v) is 1.54. The maximum atomic E-state index is 12.9. The molecule has 0 unspecified atom stereocenters. The first-order valence-electron chi connectivity index (χ1n) is 3.19. The van der Waals surface area contributed by atoms with Gasteiger partial charge in [-0.1, -0.05) is 0 Å². The highest BCUT2D eigenvalue weighted by Crippen LogP contribution is 2.18. The number of aromatic nitrogens is 1. The lowest BCUT2D eigenvalue weighted by Crippen LogP contribution is -1.79. The molecule has 0 bridgehead atoms. The van der Waals surface area contributed by atoms with Crippen LogP contribution in [0, 0.1) is 9.39 Å². The monoisotopic (exact) mass is 261 g/mol. The van der Waals surface area contributed by atoms with Gasteiger partial charge in [0.1, 0.15) is 5.82 Å². The molecule has 0 radical (unpaired) electrons. The Balaban J connectivity index is 2.86. The van der Waals surface area contributed by atoms with Gasteiger partial charge in [-0.25, -0.2) is 4.39 Å². The van der Waals surface area contributed by atoms with Crippen molar-refractivity contribution in [3.63, 3.8) is 0 Å². The van der Waals surface area contributed by atoms with Crippen LogP contribution < -0.4 is 0 Å². The number of aromatic amines is 1. The van der Waals surface area contributed by atoms with Crippen molar-refractivity contribution in [2.45, 2.75) is 0 Å². The minimum atomic E-state index is -0.166. The summed E-state index contributed by atoms with van der Waals surface area (Å²) >= 11 is 1.98. The van der Waals surface area contributed by atoms with E-state index in [1.54, 1.807) is 6.20 Å². The second kappa shape index (κ2) is 2.48. The Morgan fingerprint density at radius 1 is 1.36 bits per heavy atom. The van der Waals surface area contributed by atoms with Crippen molar-refractivity contribution in [2.75, 3.05) is 0 Å². The van der Waals surface area contributed by atoms with E-state index in [0.29, 0.717) is 3.57 Å². The van der Waals surface area contributed by atoms with E-state index in [0.717, 1.165) is 10.9 Å². The van der Waals surface area contributed by atoms with Crippen LogP contribution in [0.15, 0.2) is 24.4 Å². The summed E-state index contributed by atoms with van der Waals surface area (Å²) in [6, 6.07) is 5.26. The van der Waals surface area contributed by atoms with Crippen molar-refractivity contribution in [3.05, 3.63) is 33.8 Å². The standard InChI is InChI=1S/C8H5FIN/c9-6-4-8-5(1-2-11-8)3-7(6)10/h1-4,11H. The number of benzene rings is 1. The molecule has 0 aliphatic carbocycles. The van der Waals surface area contributed by atoms with Crippen LogP contribution in [0.2, 0.25) is 0 Å². The Bertz CT molecular complexity index is 358. The highest BCUT2D eigenvalue weighted by molar-refractivity contribution is 14.1. The molecule has 0 saturated heterocycles. The van der Waals surface area contributed by atoms with Crippen molar-refractivity contribution in [1.82, 2.24) is 4.98 Å². The number of rotatable bonds is 0. The minimum absolute atomic E-state index is 0.166. The van der Waals surface area contributed by atoms with E-state index in [1.807, 2.05) is 34.7 Å². The topological polar surface area (TPSA) is 15.8 Å². The average Bonchev–Trinajstić information content (AvgIpc) is 2.36. The van der Waals surface area contributed by atoms with Gasteiger partial charge in [-0.2, -0.15) is 0 Å². The molecule has 1 N–H and O–H groups in total. The molecule has 0 fully saturated rings. The first-order valence-corrected chi connectivity index (χ1v) is 4.27. The van der Waals surface area contributed by atoms with E-state index in [2.05, 4.69) is 4.98 Å². The van der Waals surface area contributed by atoms with Crippen LogP contribution in [0.1, 0.15) is 0 Å². The molecule has 0 atom stereocenters. The molecule has 1 aromatic carbocycles. The highest BCUT2D eigenvalue weighted by Gasteiger charge is 2.00. The third-order valence-electron chi connectivity index (χ3n) is 1.59. The molecule has 0 amide bonds. The fourth-order valence-electron chi connectivity index (χ4n) is 1.05. The number of fused-ring (bicyclic) bond motifs is 1. The smallest absolute Gasteiger partial charge is 0.138 e. The second-order valence-corrected chi connectivity index (χ2v) is 3.49. The molecule has 0 saturated carbocycles. The zero-order valence-electron chi connectivity index (χ0n) is 5.57. The predicted molar refractivity (Wildman–Crippen MR) is 51.0 cm³/mol. The van der Waals surface area contributed by atoms with E-state index >= 15 is 0 Å². The number of nitrogens with one attached hydrogen (secondary N) is 1. The lowest BCUT2D eigenvalue weighted by Gasteiger charge is -1.93. The summed E-state index contributed by atoms with van der Waals surface area (Å²) in [4.78, 5) is 2.94. The quantitative estimate of drug-likeness (QED) is 0.702. The van der Waals surface area contributed by atoms with Gasteiger partial charge in [-0.15, -0.1) is 0 Å². The van der Waals surface area contributed by atoms with Gasteiger partial charge in [-0.05, 0) is 40.8 Å².